The maximum Gasteiger partial charge on any atom is 0.323 e. The lowest BCUT2D eigenvalue weighted by Gasteiger charge is -2.24. The molecule has 0 saturated heterocycles. The molecule has 4 heteroatoms. The number of rotatable bonds is 20. The molecule has 0 saturated carbocycles. The summed E-state index contributed by atoms with van der Waals surface area (Å²) in [4.78, 5) is 23.5. The SMILES string of the molecule is CCCCCCCCCCCCCCCCCOC(=O)C(CC)(CC)C(=O)O. The van der Waals surface area contributed by atoms with Gasteiger partial charge in [0.05, 0.1) is 6.61 Å². The van der Waals surface area contributed by atoms with E-state index in [2.05, 4.69) is 6.92 Å². The first-order valence-corrected chi connectivity index (χ1v) is 12.0. The van der Waals surface area contributed by atoms with Crippen LogP contribution >= 0.6 is 0 Å². The molecule has 0 aliphatic carbocycles. The van der Waals surface area contributed by atoms with Gasteiger partial charge >= 0.3 is 11.9 Å². The van der Waals surface area contributed by atoms with E-state index in [0.29, 0.717) is 6.61 Å². The third-order valence-electron chi connectivity index (χ3n) is 5.99. The van der Waals surface area contributed by atoms with Gasteiger partial charge in [0.2, 0.25) is 0 Å². The van der Waals surface area contributed by atoms with E-state index >= 15 is 0 Å². The lowest BCUT2D eigenvalue weighted by molar-refractivity contribution is -0.169. The Labute approximate surface area is 173 Å². The molecule has 0 aliphatic rings. The maximum atomic E-state index is 12.1. The summed E-state index contributed by atoms with van der Waals surface area (Å²) in [6.45, 7) is 6.06. The van der Waals surface area contributed by atoms with Crippen molar-refractivity contribution < 1.29 is 19.4 Å². The van der Waals surface area contributed by atoms with Crippen LogP contribution in [0.15, 0.2) is 0 Å². The van der Waals surface area contributed by atoms with Crippen LogP contribution in [0, 0.1) is 5.41 Å². The second kappa shape index (κ2) is 18.0. The Kier molecular flexibility index (Phi) is 17.3. The lowest BCUT2D eigenvalue weighted by Crippen LogP contribution is -2.39. The zero-order valence-electron chi connectivity index (χ0n) is 18.9. The number of esters is 1. The zero-order chi connectivity index (χ0) is 21.1. The summed E-state index contributed by atoms with van der Waals surface area (Å²) in [6.07, 6.45) is 20.0. The van der Waals surface area contributed by atoms with Crippen LogP contribution in [0.4, 0.5) is 0 Å². The van der Waals surface area contributed by atoms with Crippen molar-refractivity contribution in [1.29, 1.82) is 0 Å². The van der Waals surface area contributed by atoms with E-state index in [0.717, 1.165) is 12.8 Å². The molecule has 1 N–H and O–H groups in total. The number of carbonyl (C=O) groups excluding carboxylic acids is 1. The van der Waals surface area contributed by atoms with Gasteiger partial charge in [-0.15, -0.1) is 0 Å². The minimum Gasteiger partial charge on any atom is -0.480 e. The molecule has 0 spiro atoms. The van der Waals surface area contributed by atoms with Crippen molar-refractivity contribution in [2.24, 2.45) is 5.41 Å². The fourth-order valence-corrected chi connectivity index (χ4v) is 3.70. The molecule has 4 nitrogen and oxygen atoms in total. The van der Waals surface area contributed by atoms with E-state index in [1.165, 1.54) is 83.5 Å². The number of aliphatic carboxylic acids is 1. The smallest absolute Gasteiger partial charge is 0.323 e. The molecule has 0 aromatic rings. The van der Waals surface area contributed by atoms with Crippen LogP contribution in [0.1, 0.15) is 130 Å². The molecule has 0 rings (SSSR count). The molecule has 0 unspecified atom stereocenters. The molecule has 0 fully saturated rings. The van der Waals surface area contributed by atoms with Gasteiger partial charge in [0, 0.05) is 0 Å². The molecule has 0 heterocycles. The standard InChI is InChI=1S/C24H46O4/c1-4-7-8-9-10-11-12-13-14-15-16-17-18-19-20-21-28-23(27)24(5-2,6-3)22(25)26/h4-21H2,1-3H3,(H,25,26). The molecule has 0 amide bonds. The molecule has 28 heavy (non-hydrogen) atoms. The van der Waals surface area contributed by atoms with Crippen molar-refractivity contribution in [1.82, 2.24) is 0 Å². The van der Waals surface area contributed by atoms with Crippen molar-refractivity contribution in [2.75, 3.05) is 6.61 Å². The van der Waals surface area contributed by atoms with Crippen LogP contribution < -0.4 is 0 Å². The van der Waals surface area contributed by atoms with Crippen LogP contribution in [0.2, 0.25) is 0 Å². The lowest BCUT2D eigenvalue weighted by atomic mass is 9.82. The third-order valence-corrected chi connectivity index (χ3v) is 5.99. The van der Waals surface area contributed by atoms with Gasteiger partial charge in [-0.2, -0.15) is 0 Å². The highest BCUT2D eigenvalue weighted by Crippen LogP contribution is 2.28. The number of unbranched alkanes of at least 4 members (excludes halogenated alkanes) is 14. The number of ether oxygens (including phenoxy) is 1. The summed E-state index contributed by atoms with van der Waals surface area (Å²) in [5, 5.41) is 9.33. The van der Waals surface area contributed by atoms with Crippen LogP contribution in [0.3, 0.4) is 0 Å². The first-order chi connectivity index (χ1) is 13.5. The van der Waals surface area contributed by atoms with Crippen LogP contribution in [0.5, 0.6) is 0 Å². The monoisotopic (exact) mass is 398 g/mol. The molecule has 0 bridgehead atoms. The number of hydrogen-bond acceptors (Lipinski definition) is 3. The maximum absolute atomic E-state index is 12.1. The summed E-state index contributed by atoms with van der Waals surface area (Å²) in [7, 11) is 0. The minimum absolute atomic E-state index is 0.274. The Balaban J connectivity index is 3.46. The number of carboxylic acid groups (broad SMARTS) is 1. The highest BCUT2D eigenvalue weighted by atomic mass is 16.5. The van der Waals surface area contributed by atoms with E-state index in [1.54, 1.807) is 13.8 Å². The van der Waals surface area contributed by atoms with Crippen LogP contribution in [0.25, 0.3) is 0 Å². The first-order valence-electron chi connectivity index (χ1n) is 12.0. The normalized spacial score (nSPS) is 11.5. The Hall–Kier alpha value is -1.06. The average Bonchev–Trinajstić information content (AvgIpc) is 2.68. The minimum atomic E-state index is -1.37. The van der Waals surface area contributed by atoms with Crippen molar-refractivity contribution >= 4 is 11.9 Å². The fraction of sp³-hybridized carbons (Fsp3) is 0.917. The van der Waals surface area contributed by atoms with Gasteiger partial charge in [-0.25, -0.2) is 0 Å². The van der Waals surface area contributed by atoms with Crippen LogP contribution in [-0.2, 0) is 14.3 Å². The van der Waals surface area contributed by atoms with E-state index in [4.69, 9.17) is 4.74 Å². The molecular formula is C24H46O4. The van der Waals surface area contributed by atoms with Crippen molar-refractivity contribution in [2.45, 2.75) is 130 Å². The van der Waals surface area contributed by atoms with Gasteiger partial charge in [0.25, 0.3) is 0 Å². The quantitative estimate of drug-likeness (QED) is 0.133. The first kappa shape index (κ1) is 26.9. The van der Waals surface area contributed by atoms with Gasteiger partial charge in [-0.1, -0.05) is 111 Å². The van der Waals surface area contributed by atoms with Crippen molar-refractivity contribution in [3.63, 3.8) is 0 Å². The van der Waals surface area contributed by atoms with Crippen molar-refractivity contribution in [3.8, 4) is 0 Å². The number of carbonyl (C=O) groups is 2. The summed E-state index contributed by atoms with van der Waals surface area (Å²) in [6, 6.07) is 0. The van der Waals surface area contributed by atoms with E-state index < -0.39 is 17.4 Å². The predicted molar refractivity (Wildman–Crippen MR) is 117 cm³/mol. The molecule has 0 aliphatic heterocycles. The zero-order valence-corrected chi connectivity index (χ0v) is 18.9. The summed E-state index contributed by atoms with van der Waals surface area (Å²) < 4.78 is 5.24. The summed E-state index contributed by atoms with van der Waals surface area (Å²) in [5.74, 6) is -1.64. The second-order valence-electron chi connectivity index (χ2n) is 8.18. The highest BCUT2D eigenvalue weighted by molar-refractivity contribution is 5.99. The predicted octanol–water partition coefficient (Wildman–Crippen LogP) is 7.29. The Morgan fingerprint density at radius 1 is 0.643 bits per heavy atom. The van der Waals surface area contributed by atoms with Gasteiger partial charge < -0.3 is 9.84 Å². The average molecular weight is 399 g/mol. The molecule has 0 atom stereocenters. The van der Waals surface area contributed by atoms with Gasteiger partial charge in [-0.05, 0) is 19.3 Å². The van der Waals surface area contributed by atoms with Gasteiger partial charge in [0.1, 0.15) is 0 Å². The number of hydrogen-bond donors (Lipinski definition) is 1. The topological polar surface area (TPSA) is 63.6 Å². The third kappa shape index (κ3) is 11.7. The van der Waals surface area contributed by atoms with Crippen LogP contribution in [-0.4, -0.2) is 23.7 Å². The molecule has 0 radical (unpaired) electrons. The largest absolute Gasteiger partial charge is 0.480 e. The van der Waals surface area contributed by atoms with E-state index in [-0.39, 0.29) is 12.8 Å². The van der Waals surface area contributed by atoms with Crippen molar-refractivity contribution in [3.05, 3.63) is 0 Å². The second-order valence-corrected chi connectivity index (χ2v) is 8.18. The van der Waals surface area contributed by atoms with Gasteiger partial charge in [0.15, 0.2) is 5.41 Å². The van der Waals surface area contributed by atoms with E-state index in [9.17, 15) is 14.7 Å². The molecule has 166 valence electrons. The number of carboxylic acids is 1. The Bertz CT molecular complexity index is 388. The molecule has 0 aromatic carbocycles. The Morgan fingerprint density at radius 2 is 1.00 bits per heavy atom. The van der Waals surface area contributed by atoms with Gasteiger partial charge in [-0.3, -0.25) is 9.59 Å². The highest BCUT2D eigenvalue weighted by Gasteiger charge is 2.44. The summed E-state index contributed by atoms with van der Waals surface area (Å²) >= 11 is 0. The summed E-state index contributed by atoms with van der Waals surface area (Å²) in [5.41, 5.74) is -1.37. The fourth-order valence-electron chi connectivity index (χ4n) is 3.70. The van der Waals surface area contributed by atoms with E-state index in [1.807, 2.05) is 0 Å². The molecule has 0 aromatic heterocycles. The molecular weight excluding hydrogens is 352 g/mol. The Morgan fingerprint density at radius 3 is 1.32 bits per heavy atom.